The molecule has 3 fully saturated rings. The van der Waals surface area contributed by atoms with Crippen LogP contribution in [-0.4, -0.2) is 46.9 Å². The normalized spacial score (nSPS) is 42.8. The number of allylic oxidation sites excluding steroid dienone is 1. The molecule has 0 spiro atoms. The SMILES string of the molecule is CC(=O)OCC(=O)[C@@]1(O)CC[C@H]2[C@@H]3CCC4=CC(=O)CC[C@]4(C)[C@@H]3[C@H](OC(C)=O)C[C@@]21C. The minimum atomic E-state index is -1.63. The van der Waals surface area contributed by atoms with Crippen LogP contribution in [0.15, 0.2) is 11.6 Å². The molecule has 176 valence electrons. The van der Waals surface area contributed by atoms with E-state index in [4.69, 9.17) is 9.47 Å². The fourth-order valence-electron chi connectivity index (χ4n) is 7.72. The van der Waals surface area contributed by atoms with Gasteiger partial charge in [-0.1, -0.05) is 19.4 Å². The quantitative estimate of drug-likeness (QED) is 0.662. The van der Waals surface area contributed by atoms with E-state index in [0.29, 0.717) is 25.7 Å². The molecule has 4 aliphatic rings. The van der Waals surface area contributed by atoms with E-state index in [-0.39, 0.29) is 34.9 Å². The number of rotatable bonds is 4. The van der Waals surface area contributed by atoms with Gasteiger partial charge in [-0.3, -0.25) is 19.2 Å². The maximum absolute atomic E-state index is 13.1. The molecule has 32 heavy (non-hydrogen) atoms. The standard InChI is InChI=1S/C25H34O7/c1-14(26)31-13-21(29)25(30)10-8-19-18-6-5-16-11-17(28)7-9-23(16,3)22(18)20(32-15(2)27)12-24(19,25)4/h11,18-20,22,30H,5-10,12-13H2,1-4H3/t18-,19-,20+,22-,23-,24-,25-/m0/s1. The highest BCUT2D eigenvalue weighted by Gasteiger charge is 2.69. The van der Waals surface area contributed by atoms with Crippen LogP contribution in [-0.2, 0) is 28.7 Å². The zero-order valence-corrected chi connectivity index (χ0v) is 19.4. The molecular weight excluding hydrogens is 412 g/mol. The number of ketones is 2. The summed E-state index contributed by atoms with van der Waals surface area (Å²) < 4.78 is 10.8. The van der Waals surface area contributed by atoms with Gasteiger partial charge in [0.15, 0.2) is 12.4 Å². The summed E-state index contributed by atoms with van der Waals surface area (Å²) in [6, 6.07) is 0. The van der Waals surface area contributed by atoms with Gasteiger partial charge >= 0.3 is 11.9 Å². The van der Waals surface area contributed by atoms with Crippen LogP contribution in [0.4, 0.5) is 0 Å². The summed E-state index contributed by atoms with van der Waals surface area (Å²) in [4.78, 5) is 48.5. The number of carbonyl (C=O) groups is 4. The average molecular weight is 447 g/mol. The van der Waals surface area contributed by atoms with Crippen molar-refractivity contribution in [3.8, 4) is 0 Å². The maximum atomic E-state index is 13.1. The van der Waals surface area contributed by atoms with E-state index in [9.17, 15) is 24.3 Å². The second kappa shape index (κ2) is 7.79. The minimum absolute atomic E-state index is 0.0449. The monoisotopic (exact) mass is 446 g/mol. The molecule has 7 atom stereocenters. The number of hydrogen-bond donors (Lipinski definition) is 1. The summed E-state index contributed by atoms with van der Waals surface area (Å²) in [5, 5.41) is 11.7. The van der Waals surface area contributed by atoms with Crippen LogP contribution in [0, 0.1) is 28.6 Å². The molecule has 0 aromatic carbocycles. The van der Waals surface area contributed by atoms with Crippen molar-refractivity contribution in [1.82, 2.24) is 0 Å². The Morgan fingerprint density at radius 1 is 1.09 bits per heavy atom. The van der Waals surface area contributed by atoms with Gasteiger partial charge in [0.1, 0.15) is 11.7 Å². The van der Waals surface area contributed by atoms with E-state index in [1.165, 1.54) is 13.8 Å². The predicted octanol–water partition coefficient (Wildman–Crippen LogP) is 2.92. The van der Waals surface area contributed by atoms with E-state index in [1.54, 1.807) is 6.08 Å². The molecule has 0 unspecified atom stereocenters. The van der Waals surface area contributed by atoms with Gasteiger partial charge in [0.05, 0.1) is 0 Å². The van der Waals surface area contributed by atoms with Crippen LogP contribution in [0.3, 0.4) is 0 Å². The van der Waals surface area contributed by atoms with Crippen LogP contribution in [0.1, 0.15) is 72.6 Å². The van der Waals surface area contributed by atoms with E-state index < -0.39 is 35.5 Å². The Morgan fingerprint density at radius 3 is 2.47 bits per heavy atom. The molecule has 0 aliphatic heterocycles. The highest BCUT2D eigenvalue weighted by molar-refractivity contribution is 5.92. The lowest BCUT2D eigenvalue weighted by atomic mass is 9.45. The molecule has 0 amide bonds. The van der Waals surface area contributed by atoms with Crippen LogP contribution in [0.5, 0.6) is 0 Å². The van der Waals surface area contributed by atoms with Crippen molar-refractivity contribution in [3.05, 3.63) is 11.6 Å². The lowest BCUT2D eigenvalue weighted by Gasteiger charge is -2.60. The fourth-order valence-corrected chi connectivity index (χ4v) is 7.72. The molecule has 3 saturated carbocycles. The Hall–Kier alpha value is -2.02. The lowest BCUT2D eigenvalue weighted by molar-refractivity contribution is -0.196. The van der Waals surface area contributed by atoms with E-state index in [2.05, 4.69) is 6.92 Å². The Balaban J connectivity index is 1.73. The largest absolute Gasteiger partial charge is 0.462 e. The maximum Gasteiger partial charge on any atom is 0.303 e. The summed E-state index contributed by atoms with van der Waals surface area (Å²) in [6.07, 6.45) is 5.59. The zero-order chi connectivity index (χ0) is 23.5. The van der Waals surface area contributed by atoms with Crippen LogP contribution >= 0.6 is 0 Å². The number of aliphatic hydroxyl groups is 1. The highest BCUT2D eigenvalue weighted by atomic mass is 16.5. The van der Waals surface area contributed by atoms with Gasteiger partial charge in [-0.05, 0) is 61.9 Å². The third kappa shape index (κ3) is 3.35. The van der Waals surface area contributed by atoms with Gasteiger partial charge in [-0.25, -0.2) is 0 Å². The predicted molar refractivity (Wildman–Crippen MR) is 114 cm³/mol. The molecule has 0 radical (unpaired) electrons. The van der Waals surface area contributed by atoms with Crippen LogP contribution in [0.25, 0.3) is 0 Å². The Bertz CT molecular complexity index is 891. The van der Waals surface area contributed by atoms with Crippen LogP contribution in [0.2, 0.25) is 0 Å². The van der Waals surface area contributed by atoms with Gasteiger partial charge in [0.25, 0.3) is 0 Å². The number of ether oxygens (including phenoxy) is 2. The zero-order valence-electron chi connectivity index (χ0n) is 19.4. The summed E-state index contributed by atoms with van der Waals surface area (Å²) >= 11 is 0. The molecule has 7 heteroatoms. The number of fused-ring (bicyclic) bond motifs is 5. The van der Waals surface area contributed by atoms with Crippen LogP contribution < -0.4 is 0 Å². The van der Waals surface area contributed by atoms with Gasteiger partial charge in [-0.15, -0.1) is 0 Å². The number of esters is 2. The van der Waals surface area contributed by atoms with Crippen molar-refractivity contribution in [3.63, 3.8) is 0 Å². The molecule has 1 N–H and O–H groups in total. The molecule has 0 aromatic rings. The molecule has 7 nitrogen and oxygen atoms in total. The lowest BCUT2D eigenvalue weighted by Crippen LogP contribution is -2.62. The van der Waals surface area contributed by atoms with Crippen molar-refractivity contribution < 1.29 is 33.8 Å². The van der Waals surface area contributed by atoms with Crippen molar-refractivity contribution >= 4 is 23.5 Å². The molecule has 4 aliphatic carbocycles. The van der Waals surface area contributed by atoms with E-state index >= 15 is 0 Å². The first-order valence-corrected chi connectivity index (χ1v) is 11.7. The minimum Gasteiger partial charge on any atom is -0.462 e. The van der Waals surface area contributed by atoms with Gasteiger partial charge in [0, 0.05) is 31.6 Å². The smallest absolute Gasteiger partial charge is 0.303 e. The molecule has 0 bridgehead atoms. The third-order valence-corrected chi connectivity index (χ3v) is 9.21. The summed E-state index contributed by atoms with van der Waals surface area (Å²) in [6.45, 7) is 6.30. The van der Waals surface area contributed by atoms with Gasteiger partial charge in [-0.2, -0.15) is 0 Å². The molecule has 4 rings (SSSR count). The van der Waals surface area contributed by atoms with Crippen molar-refractivity contribution in [2.24, 2.45) is 28.6 Å². The summed E-state index contributed by atoms with van der Waals surface area (Å²) in [5.41, 5.74) is -1.50. The first kappa shape index (κ1) is 23.1. The fraction of sp³-hybridized carbons (Fsp3) is 0.760. The summed E-state index contributed by atoms with van der Waals surface area (Å²) in [5.74, 6) is -0.964. The Labute approximate surface area is 188 Å². The van der Waals surface area contributed by atoms with Crippen molar-refractivity contribution in [2.75, 3.05) is 6.61 Å². The molecule has 0 heterocycles. The second-order valence-corrected chi connectivity index (χ2v) is 10.8. The van der Waals surface area contributed by atoms with Gasteiger partial charge < -0.3 is 14.6 Å². The van der Waals surface area contributed by atoms with Crippen molar-refractivity contribution in [2.45, 2.75) is 84.3 Å². The number of Topliss-reactive ketones (excluding diaryl/α,β-unsaturated/α-hetero) is 1. The average Bonchev–Trinajstić information content (AvgIpc) is 2.97. The first-order chi connectivity index (χ1) is 14.9. The third-order valence-electron chi connectivity index (χ3n) is 9.21. The van der Waals surface area contributed by atoms with E-state index in [0.717, 1.165) is 24.8 Å². The second-order valence-electron chi connectivity index (χ2n) is 10.8. The Kier molecular flexibility index (Phi) is 5.63. The summed E-state index contributed by atoms with van der Waals surface area (Å²) in [7, 11) is 0. The van der Waals surface area contributed by atoms with Gasteiger partial charge in [0.2, 0.25) is 5.78 Å². The topological polar surface area (TPSA) is 107 Å². The molecule has 0 saturated heterocycles. The number of carbonyl (C=O) groups excluding carboxylic acids is 4. The Morgan fingerprint density at radius 2 is 1.81 bits per heavy atom. The van der Waals surface area contributed by atoms with Crippen molar-refractivity contribution in [1.29, 1.82) is 0 Å². The van der Waals surface area contributed by atoms with E-state index in [1.807, 2.05) is 6.92 Å². The first-order valence-electron chi connectivity index (χ1n) is 11.7. The number of hydrogen-bond acceptors (Lipinski definition) is 7. The molecular formula is C25H34O7. The molecule has 0 aromatic heterocycles. The highest BCUT2D eigenvalue weighted by Crippen LogP contribution is 2.68.